The number of nitrogens with one attached hydrogen (secondary N) is 1. The Morgan fingerprint density at radius 1 is 1.42 bits per heavy atom. The number of ether oxygens (including phenoxy) is 1. The molecular weight excluding hydrogens is 359 g/mol. The van der Waals surface area contributed by atoms with Crippen molar-refractivity contribution in [1.82, 2.24) is 5.16 Å². The number of benzene rings is 1. The van der Waals surface area contributed by atoms with Crippen molar-refractivity contribution in [2.75, 3.05) is 5.32 Å². The SMILES string of the molecule is Cc1cc(NC(=O)[C@@H](C)Oc2ccc(I)cc2)no1. The van der Waals surface area contributed by atoms with Gasteiger partial charge in [-0.05, 0) is 60.7 Å². The van der Waals surface area contributed by atoms with Crippen molar-refractivity contribution in [2.45, 2.75) is 20.0 Å². The maximum atomic E-state index is 11.9. The summed E-state index contributed by atoms with van der Waals surface area (Å²) >= 11 is 2.21. The summed E-state index contributed by atoms with van der Waals surface area (Å²) in [6.45, 7) is 3.44. The van der Waals surface area contributed by atoms with Crippen LogP contribution in [-0.4, -0.2) is 17.2 Å². The number of amides is 1. The Balaban J connectivity index is 1.94. The van der Waals surface area contributed by atoms with Crippen LogP contribution in [0.2, 0.25) is 0 Å². The van der Waals surface area contributed by atoms with E-state index in [0.29, 0.717) is 17.3 Å². The largest absolute Gasteiger partial charge is 0.481 e. The lowest BCUT2D eigenvalue weighted by atomic mass is 10.3. The van der Waals surface area contributed by atoms with Gasteiger partial charge in [0.2, 0.25) is 0 Å². The normalized spacial score (nSPS) is 11.9. The zero-order valence-electron chi connectivity index (χ0n) is 10.5. The minimum Gasteiger partial charge on any atom is -0.481 e. The van der Waals surface area contributed by atoms with E-state index in [2.05, 4.69) is 33.1 Å². The topological polar surface area (TPSA) is 64.4 Å². The highest BCUT2D eigenvalue weighted by Gasteiger charge is 2.16. The van der Waals surface area contributed by atoms with Crippen LogP contribution in [0.4, 0.5) is 5.82 Å². The molecule has 5 nitrogen and oxygen atoms in total. The minimum absolute atomic E-state index is 0.271. The van der Waals surface area contributed by atoms with Crippen molar-refractivity contribution in [3.05, 3.63) is 39.7 Å². The quantitative estimate of drug-likeness (QED) is 0.839. The standard InChI is InChI=1S/C13H13IN2O3/c1-8-7-12(16-19-8)15-13(17)9(2)18-11-5-3-10(14)4-6-11/h3-7,9H,1-2H3,(H,15,16,17)/t9-/m1/s1. The van der Waals surface area contributed by atoms with Crippen LogP contribution in [0.3, 0.4) is 0 Å². The molecule has 2 rings (SSSR count). The van der Waals surface area contributed by atoms with Gasteiger partial charge in [0, 0.05) is 9.64 Å². The molecule has 0 bridgehead atoms. The first kappa shape index (κ1) is 13.9. The molecule has 1 N–H and O–H groups in total. The van der Waals surface area contributed by atoms with E-state index in [4.69, 9.17) is 9.26 Å². The van der Waals surface area contributed by atoms with E-state index in [9.17, 15) is 4.79 Å². The van der Waals surface area contributed by atoms with Gasteiger partial charge in [0.1, 0.15) is 11.5 Å². The highest BCUT2D eigenvalue weighted by atomic mass is 127. The van der Waals surface area contributed by atoms with Crippen LogP contribution >= 0.6 is 22.6 Å². The van der Waals surface area contributed by atoms with Crippen LogP contribution in [0, 0.1) is 10.5 Å². The van der Waals surface area contributed by atoms with Gasteiger partial charge < -0.3 is 14.6 Å². The number of aromatic nitrogens is 1. The minimum atomic E-state index is -0.614. The Morgan fingerprint density at radius 3 is 2.68 bits per heavy atom. The molecule has 0 aliphatic heterocycles. The summed E-state index contributed by atoms with van der Waals surface area (Å²) in [4.78, 5) is 11.9. The van der Waals surface area contributed by atoms with Gasteiger partial charge in [-0.1, -0.05) is 5.16 Å². The van der Waals surface area contributed by atoms with Crippen LogP contribution < -0.4 is 10.1 Å². The Morgan fingerprint density at radius 2 is 2.11 bits per heavy atom. The van der Waals surface area contributed by atoms with Crippen molar-refractivity contribution in [1.29, 1.82) is 0 Å². The monoisotopic (exact) mass is 372 g/mol. The van der Waals surface area contributed by atoms with E-state index in [1.807, 2.05) is 24.3 Å². The summed E-state index contributed by atoms with van der Waals surface area (Å²) in [5.74, 6) is 1.41. The molecule has 1 heterocycles. The second-order valence-electron chi connectivity index (χ2n) is 4.03. The number of hydrogen-bond acceptors (Lipinski definition) is 4. The summed E-state index contributed by atoms with van der Waals surface area (Å²) in [5, 5.41) is 6.32. The van der Waals surface area contributed by atoms with Gasteiger partial charge in [0.05, 0.1) is 0 Å². The predicted molar refractivity (Wildman–Crippen MR) is 79.1 cm³/mol. The molecule has 1 atom stereocenters. The van der Waals surface area contributed by atoms with E-state index < -0.39 is 6.10 Å². The van der Waals surface area contributed by atoms with E-state index in [1.54, 1.807) is 19.9 Å². The van der Waals surface area contributed by atoms with Crippen LogP contribution in [0.25, 0.3) is 0 Å². The predicted octanol–water partition coefficient (Wildman–Crippen LogP) is 2.99. The lowest BCUT2D eigenvalue weighted by molar-refractivity contribution is -0.122. The van der Waals surface area contributed by atoms with Crippen LogP contribution in [0.1, 0.15) is 12.7 Å². The van der Waals surface area contributed by atoms with Crippen molar-refractivity contribution >= 4 is 34.3 Å². The van der Waals surface area contributed by atoms with Gasteiger partial charge in [0.25, 0.3) is 5.91 Å². The van der Waals surface area contributed by atoms with Crippen molar-refractivity contribution < 1.29 is 14.1 Å². The Bertz CT molecular complexity index is 566. The second kappa shape index (κ2) is 6.05. The second-order valence-corrected chi connectivity index (χ2v) is 5.27. The number of nitrogens with zero attached hydrogens (tertiary/aromatic N) is 1. The number of carbonyl (C=O) groups is 1. The fraction of sp³-hybridized carbons (Fsp3) is 0.231. The summed E-state index contributed by atoms with van der Waals surface area (Å²) in [5.41, 5.74) is 0. The van der Waals surface area contributed by atoms with Crippen molar-refractivity contribution in [2.24, 2.45) is 0 Å². The van der Waals surface area contributed by atoms with Crippen molar-refractivity contribution in [3.8, 4) is 5.75 Å². The molecule has 0 saturated carbocycles. The van der Waals surface area contributed by atoms with E-state index in [1.165, 1.54) is 0 Å². The number of anilines is 1. The fourth-order valence-corrected chi connectivity index (χ4v) is 1.78. The highest BCUT2D eigenvalue weighted by Crippen LogP contribution is 2.15. The first-order valence-electron chi connectivity index (χ1n) is 5.71. The molecule has 19 heavy (non-hydrogen) atoms. The van der Waals surface area contributed by atoms with Gasteiger partial charge in [-0.2, -0.15) is 0 Å². The number of hydrogen-bond donors (Lipinski definition) is 1. The molecule has 6 heteroatoms. The smallest absolute Gasteiger partial charge is 0.266 e. The molecule has 0 aliphatic carbocycles. The van der Waals surface area contributed by atoms with Crippen LogP contribution in [-0.2, 0) is 4.79 Å². The molecule has 100 valence electrons. The third-order valence-corrected chi connectivity index (χ3v) is 3.09. The first-order valence-corrected chi connectivity index (χ1v) is 6.79. The van der Waals surface area contributed by atoms with Crippen molar-refractivity contribution in [3.63, 3.8) is 0 Å². The lowest BCUT2D eigenvalue weighted by Gasteiger charge is -2.13. The van der Waals surface area contributed by atoms with Gasteiger partial charge >= 0.3 is 0 Å². The zero-order valence-corrected chi connectivity index (χ0v) is 12.7. The Labute approximate surface area is 124 Å². The van der Waals surface area contributed by atoms with Gasteiger partial charge in [-0.15, -0.1) is 0 Å². The van der Waals surface area contributed by atoms with Crippen LogP contribution in [0.15, 0.2) is 34.9 Å². The molecule has 0 fully saturated rings. The molecule has 0 spiro atoms. The molecule has 0 radical (unpaired) electrons. The summed E-state index contributed by atoms with van der Waals surface area (Å²) in [6.07, 6.45) is -0.614. The molecule has 1 aromatic heterocycles. The first-order chi connectivity index (χ1) is 9.04. The molecular formula is C13H13IN2O3. The Hall–Kier alpha value is -1.57. The Kier molecular flexibility index (Phi) is 4.41. The van der Waals surface area contributed by atoms with Crippen LogP contribution in [0.5, 0.6) is 5.75 Å². The third-order valence-electron chi connectivity index (χ3n) is 2.37. The van der Waals surface area contributed by atoms with Gasteiger partial charge in [-0.3, -0.25) is 4.79 Å². The molecule has 0 saturated heterocycles. The number of rotatable bonds is 4. The van der Waals surface area contributed by atoms with E-state index in [0.717, 1.165) is 3.57 Å². The number of carbonyl (C=O) groups excluding carboxylic acids is 1. The zero-order chi connectivity index (χ0) is 13.8. The molecule has 0 aliphatic rings. The maximum absolute atomic E-state index is 11.9. The van der Waals surface area contributed by atoms with E-state index in [-0.39, 0.29) is 5.91 Å². The average molecular weight is 372 g/mol. The highest BCUT2D eigenvalue weighted by molar-refractivity contribution is 14.1. The summed E-state index contributed by atoms with van der Waals surface area (Å²) in [6, 6.07) is 9.14. The molecule has 1 aromatic carbocycles. The third kappa shape index (κ3) is 3.95. The molecule has 2 aromatic rings. The lowest BCUT2D eigenvalue weighted by Crippen LogP contribution is -2.30. The maximum Gasteiger partial charge on any atom is 0.266 e. The molecule has 1 amide bonds. The van der Waals surface area contributed by atoms with E-state index >= 15 is 0 Å². The van der Waals surface area contributed by atoms with Gasteiger partial charge in [-0.25, -0.2) is 0 Å². The fourth-order valence-electron chi connectivity index (χ4n) is 1.42. The molecule has 0 unspecified atom stereocenters. The summed E-state index contributed by atoms with van der Waals surface area (Å²) in [7, 11) is 0. The number of aryl methyl sites for hydroxylation is 1. The van der Waals surface area contributed by atoms with Gasteiger partial charge in [0.15, 0.2) is 11.9 Å². The number of halogens is 1. The average Bonchev–Trinajstić information content (AvgIpc) is 2.77. The summed E-state index contributed by atoms with van der Waals surface area (Å²) < 4.78 is 11.5.